The van der Waals surface area contributed by atoms with Crippen LogP contribution in [0.2, 0.25) is 5.02 Å². The van der Waals surface area contributed by atoms with Crippen LogP contribution in [-0.4, -0.2) is 48.7 Å². The van der Waals surface area contributed by atoms with Gasteiger partial charge in [0, 0.05) is 43.4 Å². The number of benzene rings is 1. The second-order valence-electron chi connectivity index (χ2n) is 4.45. The van der Waals surface area contributed by atoms with Crippen LogP contribution in [-0.2, 0) is 4.79 Å². The SMILES string of the molecule is O=C(O)CCN1CCN(c2cccc(Cl)c2)CC1. The summed E-state index contributed by atoms with van der Waals surface area (Å²) in [5, 5.41) is 9.40. The molecular formula is C13H17ClN2O2. The molecule has 1 aliphatic rings. The molecule has 1 heterocycles. The van der Waals surface area contributed by atoms with E-state index in [0.29, 0.717) is 6.54 Å². The molecule has 0 aromatic heterocycles. The molecule has 0 aliphatic carbocycles. The van der Waals surface area contributed by atoms with Gasteiger partial charge in [0.15, 0.2) is 0 Å². The smallest absolute Gasteiger partial charge is 0.304 e. The van der Waals surface area contributed by atoms with E-state index in [9.17, 15) is 4.79 Å². The number of carboxylic acids is 1. The van der Waals surface area contributed by atoms with Crippen molar-refractivity contribution in [2.24, 2.45) is 0 Å². The van der Waals surface area contributed by atoms with Crippen molar-refractivity contribution in [1.82, 2.24) is 4.90 Å². The number of hydrogen-bond donors (Lipinski definition) is 1. The summed E-state index contributed by atoms with van der Waals surface area (Å²) in [7, 11) is 0. The van der Waals surface area contributed by atoms with E-state index >= 15 is 0 Å². The standard InChI is InChI=1S/C13H17ClN2O2/c14-11-2-1-3-12(10-11)16-8-6-15(7-9-16)5-4-13(17)18/h1-3,10H,4-9H2,(H,17,18). The number of aliphatic carboxylic acids is 1. The van der Waals surface area contributed by atoms with Gasteiger partial charge in [-0.25, -0.2) is 0 Å². The minimum Gasteiger partial charge on any atom is -0.481 e. The lowest BCUT2D eigenvalue weighted by atomic mass is 10.2. The molecule has 1 fully saturated rings. The fourth-order valence-electron chi connectivity index (χ4n) is 2.16. The van der Waals surface area contributed by atoms with Gasteiger partial charge in [-0.1, -0.05) is 17.7 Å². The van der Waals surface area contributed by atoms with Gasteiger partial charge in [-0.05, 0) is 18.2 Å². The zero-order chi connectivity index (χ0) is 13.0. The summed E-state index contributed by atoms with van der Waals surface area (Å²) in [6, 6.07) is 7.84. The van der Waals surface area contributed by atoms with Crippen molar-refractivity contribution in [3.05, 3.63) is 29.3 Å². The van der Waals surface area contributed by atoms with Crippen molar-refractivity contribution in [2.45, 2.75) is 6.42 Å². The molecule has 1 aromatic rings. The Balaban J connectivity index is 1.85. The van der Waals surface area contributed by atoms with Gasteiger partial charge in [-0.2, -0.15) is 0 Å². The molecule has 4 nitrogen and oxygen atoms in total. The van der Waals surface area contributed by atoms with Crippen molar-refractivity contribution < 1.29 is 9.90 Å². The van der Waals surface area contributed by atoms with E-state index in [1.165, 1.54) is 0 Å². The fraction of sp³-hybridized carbons (Fsp3) is 0.462. The lowest BCUT2D eigenvalue weighted by Crippen LogP contribution is -2.46. The highest BCUT2D eigenvalue weighted by Gasteiger charge is 2.17. The molecule has 1 saturated heterocycles. The first kappa shape index (κ1) is 13.2. The van der Waals surface area contributed by atoms with Crippen molar-refractivity contribution in [2.75, 3.05) is 37.6 Å². The number of carbonyl (C=O) groups is 1. The molecule has 1 N–H and O–H groups in total. The number of nitrogens with zero attached hydrogens (tertiary/aromatic N) is 2. The number of hydrogen-bond acceptors (Lipinski definition) is 3. The van der Waals surface area contributed by atoms with Crippen LogP contribution >= 0.6 is 11.6 Å². The summed E-state index contributed by atoms with van der Waals surface area (Å²) in [4.78, 5) is 15.0. The average molecular weight is 269 g/mol. The first-order chi connectivity index (χ1) is 8.65. The monoisotopic (exact) mass is 268 g/mol. The molecule has 98 valence electrons. The van der Waals surface area contributed by atoms with Crippen LogP contribution in [0.4, 0.5) is 5.69 Å². The van der Waals surface area contributed by atoms with Crippen LogP contribution in [0.25, 0.3) is 0 Å². The summed E-state index contributed by atoms with van der Waals surface area (Å²) in [6.45, 7) is 4.28. The summed E-state index contributed by atoms with van der Waals surface area (Å²) in [5.74, 6) is -0.729. The Morgan fingerprint density at radius 2 is 2.00 bits per heavy atom. The second-order valence-corrected chi connectivity index (χ2v) is 4.89. The Labute approximate surface area is 112 Å². The lowest BCUT2D eigenvalue weighted by Gasteiger charge is -2.35. The predicted molar refractivity (Wildman–Crippen MR) is 72.4 cm³/mol. The van der Waals surface area contributed by atoms with Crippen molar-refractivity contribution in [1.29, 1.82) is 0 Å². The quantitative estimate of drug-likeness (QED) is 0.906. The Morgan fingerprint density at radius 1 is 1.28 bits per heavy atom. The van der Waals surface area contributed by atoms with Crippen LogP contribution in [0, 0.1) is 0 Å². The van der Waals surface area contributed by atoms with Crippen LogP contribution in [0.5, 0.6) is 0 Å². The summed E-state index contributed by atoms with van der Waals surface area (Å²) < 4.78 is 0. The van der Waals surface area contributed by atoms with Gasteiger partial charge in [0.1, 0.15) is 0 Å². The maximum atomic E-state index is 10.5. The third-order valence-corrected chi connectivity index (χ3v) is 3.42. The topological polar surface area (TPSA) is 43.8 Å². The van der Waals surface area contributed by atoms with Crippen LogP contribution < -0.4 is 4.90 Å². The van der Waals surface area contributed by atoms with Gasteiger partial charge >= 0.3 is 5.97 Å². The van der Waals surface area contributed by atoms with Gasteiger partial charge in [0.25, 0.3) is 0 Å². The lowest BCUT2D eigenvalue weighted by molar-refractivity contribution is -0.137. The zero-order valence-corrected chi connectivity index (χ0v) is 10.9. The fourth-order valence-corrected chi connectivity index (χ4v) is 2.34. The van der Waals surface area contributed by atoms with Gasteiger partial charge in [0.2, 0.25) is 0 Å². The number of anilines is 1. The first-order valence-corrected chi connectivity index (χ1v) is 6.47. The minimum atomic E-state index is -0.729. The normalized spacial score (nSPS) is 16.8. The Bertz CT molecular complexity index is 417. The molecule has 5 heteroatoms. The second kappa shape index (κ2) is 6.07. The maximum absolute atomic E-state index is 10.5. The van der Waals surface area contributed by atoms with E-state index in [0.717, 1.165) is 36.9 Å². The molecule has 18 heavy (non-hydrogen) atoms. The Hall–Kier alpha value is -1.26. The van der Waals surface area contributed by atoms with Crippen molar-refractivity contribution in [3.63, 3.8) is 0 Å². The molecule has 1 aromatic carbocycles. The number of halogens is 1. The zero-order valence-electron chi connectivity index (χ0n) is 10.2. The van der Waals surface area contributed by atoms with Crippen LogP contribution in [0.15, 0.2) is 24.3 Å². The van der Waals surface area contributed by atoms with Gasteiger partial charge in [-0.3, -0.25) is 9.69 Å². The highest BCUT2D eigenvalue weighted by atomic mass is 35.5. The summed E-state index contributed by atoms with van der Waals surface area (Å²) >= 11 is 5.97. The van der Waals surface area contributed by atoms with E-state index in [2.05, 4.69) is 15.9 Å². The first-order valence-electron chi connectivity index (χ1n) is 6.10. The molecule has 0 radical (unpaired) electrons. The highest BCUT2D eigenvalue weighted by molar-refractivity contribution is 6.30. The predicted octanol–water partition coefficient (Wildman–Crippen LogP) is 1.94. The summed E-state index contributed by atoms with van der Waals surface area (Å²) in [6.07, 6.45) is 0.219. The number of piperazine rings is 1. The Kier molecular flexibility index (Phi) is 4.44. The number of carboxylic acid groups (broad SMARTS) is 1. The third kappa shape index (κ3) is 3.62. The van der Waals surface area contributed by atoms with Gasteiger partial charge in [-0.15, -0.1) is 0 Å². The van der Waals surface area contributed by atoms with E-state index < -0.39 is 5.97 Å². The van der Waals surface area contributed by atoms with Gasteiger partial charge < -0.3 is 10.0 Å². The minimum absolute atomic E-state index is 0.219. The molecule has 0 amide bonds. The van der Waals surface area contributed by atoms with Crippen LogP contribution in [0.3, 0.4) is 0 Å². The average Bonchev–Trinajstić information content (AvgIpc) is 2.37. The molecule has 0 saturated carbocycles. The molecule has 2 rings (SSSR count). The largest absolute Gasteiger partial charge is 0.481 e. The molecule has 1 aliphatic heterocycles. The molecule has 0 bridgehead atoms. The van der Waals surface area contributed by atoms with E-state index in [-0.39, 0.29) is 6.42 Å². The van der Waals surface area contributed by atoms with E-state index in [4.69, 9.17) is 16.7 Å². The van der Waals surface area contributed by atoms with Gasteiger partial charge in [0.05, 0.1) is 6.42 Å². The third-order valence-electron chi connectivity index (χ3n) is 3.19. The molecule has 0 unspecified atom stereocenters. The molecular weight excluding hydrogens is 252 g/mol. The summed E-state index contributed by atoms with van der Waals surface area (Å²) in [5.41, 5.74) is 1.14. The molecule has 0 spiro atoms. The van der Waals surface area contributed by atoms with Crippen molar-refractivity contribution >= 4 is 23.3 Å². The van der Waals surface area contributed by atoms with Crippen LogP contribution in [0.1, 0.15) is 6.42 Å². The van der Waals surface area contributed by atoms with Crippen molar-refractivity contribution in [3.8, 4) is 0 Å². The number of rotatable bonds is 4. The van der Waals surface area contributed by atoms with E-state index in [1.807, 2.05) is 18.2 Å². The maximum Gasteiger partial charge on any atom is 0.304 e. The molecule has 0 atom stereocenters. The van der Waals surface area contributed by atoms with E-state index in [1.54, 1.807) is 0 Å². The highest BCUT2D eigenvalue weighted by Crippen LogP contribution is 2.20. The Morgan fingerprint density at radius 3 is 2.61 bits per heavy atom.